The molecule has 0 amide bonds. The SMILES string of the molecule is CC1(C)Oc2ccccc2N2CNCC21. The van der Waals surface area contributed by atoms with Gasteiger partial charge < -0.3 is 9.64 Å². The molecule has 1 aromatic rings. The molecule has 3 rings (SSSR count). The second kappa shape index (κ2) is 2.89. The van der Waals surface area contributed by atoms with Crippen molar-refractivity contribution < 1.29 is 4.74 Å². The fraction of sp³-hybridized carbons (Fsp3) is 0.500. The van der Waals surface area contributed by atoms with E-state index in [9.17, 15) is 0 Å². The third-order valence-corrected chi connectivity index (χ3v) is 3.35. The van der Waals surface area contributed by atoms with E-state index in [1.807, 2.05) is 12.1 Å². The average Bonchev–Trinajstić information content (AvgIpc) is 2.66. The van der Waals surface area contributed by atoms with Crippen molar-refractivity contribution in [2.45, 2.75) is 25.5 Å². The predicted molar refractivity (Wildman–Crippen MR) is 60.3 cm³/mol. The summed E-state index contributed by atoms with van der Waals surface area (Å²) in [4.78, 5) is 2.40. The van der Waals surface area contributed by atoms with Crippen molar-refractivity contribution in [1.82, 2.24) is 5.32 Å². The van der Waals surface area contributed by atoms with Crippen LogP contribution in [-0.4, -0.2) is 24.9 Å². The molecular formula is C12H16N2O. The molecule has 1 unspecified atom stereocenters. The number of nitrogens with one attached hydrogen (secondary N) is 1. The highest BCUT2D eigenvalue weighted by atomic mass is 16.5. The second-order valence-corrected chi connectivity index (χ2v) is 4.77. The van der Waals surface area contributed by atoms with Gasteiger partial charge in [-0.2, -0.15) is 0 Å². The molecule has 3 nitrogen and oxygen atoms in total. The van der Waals surface area contributed by atoms with Crippen LogP contribution in [0.2, 0.25) is 0 Å². The van der Waals surface area contributed by atoms with Crippen molar-refractivity contribution >= 4 is 5.69 Å². The Hall–Kier alpha value is -1.22. The summed E-state index contributed by atoms with van der Waals surface area (Å²) in [6, 6.07) is 8.71. The molecule has 2 aliphatic heterocycles. The largest absolute Gasteiger partial charge is 0.483 e. The summed E-state index contributed by atoms with van der Waals surface area (Å²) in [6.45, 7) is 6.25. The van der Waals surface area contributed by atoms with E-state index in [1.165, 1.54) is 5.69 Å². The van der Waals surface area contributed by atoms with Crippen LogP contribution in [0, 0.1) is 0 Å². The fourth-order valence-electron chi connectivity index (χ4n) is 2.55. The molecule has 0 radical (unpaired) electrons. The zero-order valence-electron chi connectivity index (χ0n) is 9.16. The van der Waals surface area contributed by atoms with Crippen molar-refractivity contribution in [3.63, 3.8) is 0 Å². The Balaban J connectivity index is 2.11. The van der Waals surface area contributed by atoms with Gasteiger partial charge in [-0.25, -0.2) is 0 Å². The Kier molecular flexibility index (Phi) is 1.74. The summed E-state index contributed by atoms with van der Waals surface area (Å²) in [7, 11) is 0. The van der Waals surface area contributed by atoms with Crippen LogP contribution in [-0.2, 0) is 0 Å². The number of anilines is 1. The van der Waals surface area contributed by atoms with Gasteiger partial charge in [-0.3, -0.25) is 5.32 Å². The van der Waals surface area contributed by atoms with Crippen molar-refractivity contribution in [2.24, 2.45) is 0 Å². The van der Waals surface area contributed by atoms with Gasteiger partial charge in [0.1, 0.15) is 11.4 Å². The Morgan fingerprint density at radius 1 is 1.40 bits per heavy atom. The molecule has 0 bridgehead atoms. The lowest BCUT2D eigenvalue weighted by molar-refractivity contribution is 0.0741. The predicted octanol–water partition coefficient (Wildman–Crippen LogP) is 1.59. The van der Waals surface area contributed by atoms with Crippen molar-refractivity contribution in [3.05, 3.63) is 24.3 Å². The molecule has 1 N–H and O–H groups in total. The maximum Gasteiger partial charge on any atom is 0.143 e. The number of nitrogens with zero attached hydrogens (tertiary/aromatic N) is 1. The lowest BCUT2D eigenvalue weighted by Gasteiger charge is -2.43. The van der Waals surface area contributed by atoms with E-state index in [4.69, 9.17) is 4.74 Å². The van der Waals surface area contributed by atoms with Gasteiger partial charge in [-0.15, -0.1) is 0 Å². The van der Waals surface area contributed by atoms with Crippen molar-refractivity contribution in [3.8, 4) is 5.75 Å². The summed E-state index contributed by atoms with van der Waals surface area (Å²) in [5, 5.41) is 3.41. The van der Waals surface area contributed by atoms with Crippen molar-refractivity contribution in [2.75, 3.05) is 18.1 Å². The molecule has 0 spiro atoms. The standard InChI is InChI=1S/C12H16N2O/c1-12(2)11-7-13-8-14(11)9-5-3-4-6-10(9)15-12/h3-6,11,13H,7-8H2,1-2H3. The number of hydrogen-bond acceptors (Lipinski definition) is 3. The maximum absolute atomic E-state index is 6.05. The van der Waals surface area contributed by atoms with Crippen LogP contribution in [0.3, 0.4) is 0 Å². The van der Waals surface area contributed by atoms with Gasteiger partial charge >= 0.3 is 0 Å². The number of benzene rings is 1. The van der Waals surface area contributed by atoms with Crippen LogP contribution in [0.25, 0.3) is 0 Å². The number of rotatable bonds is 0. The third kappa shape index (κ3) is 1.23. The smallest absolute Gasteiger partial charge is 0.143 e. The molecule has 0 aromatic heterocycles. The molecule has 80 valence electrons. The first kappa shape index (κ1) is 9.04. The fourth-order valence-corrected chi connectivity index (χ4v) is 2.55. The summed E-state index contributed by atoms with van der Waals surface area (Å²) in [5.74, 6) is 1.00. The summed E-state index contributed by atoms with van der Waals surface area (Å²) in [5.41, 5.74) is 1.10. The Bertz CT molecular complexity index is 389. The molecule has 0 saturated carbocycles. The van der Waals surface area contributed by atoms with E-state index in [2.05, 4.69) is 36.2 Å². The summed E-state index contributed by atoms with van der Waals surface area (Å²) >= 11 is 0. The first-order valence-corrected chi connectivity index (χ1v) is 5.44. The number of hydrogen-bond donors (Lipinski definition) is 1. The minimum absolute atomic E-state index is 0.113. The molecule has 1 atom stereocenters. The van der Waals surface area contributed by atoms with Gasteiger partial charge in [0.05, 0.1) is 18.4 Å². The zero-order valence-corrected chi connectivity index (χ0v) is 9.16. The molecule has 2 heterocycles. The number of ether oxygens (including phenoxy) is 1. The van der Waals surface area contributed by atoms with Crippen molar-refractivity contribution in [1.29, 1.82) is 0 Å². The quantitative estimate of drug-likeness (QED) is 0.694. The van der Waals surface area contributed by atoms with Gasteiger partial charge in [-0.05, 0) is 26.0 Å². The molecule has 2 aliphatic rings. The van der Waals surface area contributed by atoms with Crippen LogP contribution < -0.4 is 15.0 Å². The molecule has 3 heteroatoms. The highest BCUT2D eigenvalue weighted by Gasteiger charge is 2.43. The number of para-hydroxylation sites is 2. The van der Waals surface area contributed by atoms with E-state index >= 15 is 0 Å². The van der Waals surface area contributed by atoms with E-state index in [1.54, 1.807) is 0 Å². The highest BCUT2D eigenvalue weighted by molar-refractivity contribution is 5.62. The molecule has 1 fully saturated rings. The van der Waals surface area contributed by atoms with E-state index in [0.717, 1.165) is 19.0 Å². The Morgan fingerprint density at radius 2 is 2.20 bits per heavy atom. The van der Waals surface area contributed by atoms with E-state index in [0.29, 0.717) is 6.04 Å². The van der Waals surface area contributed by atoms with E-state index < -0.39 is 0 Å². The minimum atomic E-state index is -0.113. The topological polar surface area (TPSA) is 24.5 Å². The van der Waals surface area contributed by atoms with Gasteiger partial charge in [-0.1, -0.05) is 12.1 Å². The van der Waals surface area contributed by atoms with E-state index in [-0.39, 0.29) is 5.60 Å². The summed E-state index contributed by atoms with van der Waals surface area (Å²) in [6.07, 6.45) is 0. The van der Waals surface area contributed by atoms with Crippen LogP contribution in [0.5, 0.6) is 5.75 Å². The van der Waals surface area contributed by atoms with Gasteiger partial charge in [0.15, 0.2) is 0 Å². The third-order valence-electron chi connectivity index (χ3n) is 3.35. The molecule has 15 heavy (non-hydrogen) atoms. The lowest BCUT2D eigenvalue weighted by Crippen LogP contribution is -2.54. The Labute approximate surface area is 90.0 Å². The second-order valence-electron chi connectivity index (χ2n) is 4.77. The van der Waals surface area contributed by atoms with Crippen LogP contribution >= 0.6 is 0 Å². The van der Waals surface area contributed by atoms with Crippen LogP contribution in [0.1, 0.15) is 13.8 Å². The molecule has 0 aliphatic carbocycles. The normalized spacial score (nSPS) is 26.8. The first-order chi connectivity index (χ1) is 7.18. The lowest BCUT2D eigenvalue weighted by atomic mass is 9.95. The number of fused-ring (bicyclic) bond motifs is 3. The summed E-state index contributed by atoms with van der Waals surface area (Å²) < 4.78 is 6.05. The molecule has 1 aromatic carbocycles. The monoisotopic (exact) mass is 204 g/mol. The van der Waals surface area contributed by atoms with Crippen LogP contribution in [0.15, 0.2) is 24.3 Å². The van der Waals surface area contributed by atoms with Gasteiger partial charge in [0.2, 0.25) is 0 Å². The maximum atomic E-state index is 6.05. The minimum Gasteiger partial charge on any atom is -0.483 e. The van der Waals surface area contributed by atoms with Crippen LogP contribution in [0.4, 0.5) is 5.69 Å². The van der Waals surface area contributed by atoms with Gasteiger partial charge in [0, 0.05) is 6.54 Å². The van der Waals surface area contributed by atoms with Gasteiger partial charge in [0.25, 0.3) is 0 Å². The zero-order chi connectivity index (χ0) is 10.5. The molecular weight excluding hydrogens is 188 g/mol. The highest BCUT2D eigenvalue weighted by Crippen LogP contribution is 2.40. The first-order valence-electron chi connectivity index (χ1n) is 5.44. The Morgan fingerprint density at radius 3 is 3.07 bits per heavy atom. The average molecular weight is 204 g/mol. The molecule has 1 saturated heterocycles.